The molecule has 1 amide bonds. The number of aromatic nitrogens is 2. The van der Waals surface area contributed by atoms with Crippen LogP contribution in [0.25, 0.3) is 11.4 Å². The third kappa shape index (κ3) is 4.31. The van der Waals surface area contributed by atoms with E-state index in [2.05, 4.69) is 15.5 Å². The quantitative estimate of drug-likeness (QED) is 0.850. The van der Waals surface area contributed by atoms with Gasteiger partial charge in [-0.05, 0) is 25.5 Å². The number of hydrogen-bond acceptors (Lipinski definition) is 5. The van der Waals surface area contributed by atoms with Gasteiger partial charge in [0.05, 0.1) is 7.11 Å². The standard InChI is InChI=1S/C16H21N3O3/c1-4-11(2)17-14(20)8-9-15-18-16(19-22-15)12-6-5-7-13(10-12)21-3/h5-7,10-11H,4,8-9H2,1-3H3,(H,17,20)/t11-/m1/s1. The van der Waals surface area contributed by atoms with Crippen LogP contribution in [0.5, 0.6) is 5.75 Å². The van der Waals surface area contributed by atoms with Crippen molar-refractivity contribution < 1.29 is 14.1 Å². The molecule has 118 valence electrons. The Bertz CT molecular complexity index is 625. The Hall–Kier alpha value is -2.37. The van der Waals surface area contributed by atoms with Crippen molar-refractivity contribution in [1.29, 1.82) is 0 Å². The van der Waals surface area contributed by atoms with Crippen LogP contribution in [0.2, 0.25) is 0 Å². The predicted octanol–water partition coefficient (Wildman–Crippen LogP) is 2.59. The van der Waals surface area contributed by atoms with E-state index in [1.807, 2.05) is 38.1 Å². The summed E-state index contributed by atoms with van der Waals surface area (Å²) in [5.74, 6) is 1.68. The lowest BCUT2D eigenvalue weighted by atomic mass is 10.2. The van der Waals surface area contributed by atoms with E-state index in [9.17, 15) is 4.79 Å². The van der Waals surface area contributed by atoms with Crippen LogP contribution < -0.4 is 10.1 Å². The van der Waals surface area contributed by atoms with Crippen molar-refractivity contribution in [3.8, 4) is 17.1 Å². The molecule has 0 saturated carbocycles. The Balaban J connectivity index is 1.95. The van der Waals surface area contributed by atoms with Crippen molar-refractivity contribution >= 4 is 5.91 Å². The number of rotatable bonds is 7. The third-order valence-electron chi connectivity index (χ3n) is 3.38. The molecule has 0 aliphatic rings. The maximum absolute atomic E-state index is 11.7. The average Bonchev–Trinajstić information content (AvgIpc) is 3.02. The van der Waals surface area contributed by atoms with E-state index >= 15 is 0 Å². The van der Waals surface area contributed by atoms with Crippen molar-refractivity contribution in [3.63, 3.8) is 0 Å². The van der Waals surface area contributed by atoms with E-state index in [1.165, 1.54) is 0 Å². The number of ether oxygens (including phenoxy) is 1. The highest BCUT2D eigenvalue weighted by Crippen LogP contribution is 2.21. The summed E-state index contributed by atoms with van der Waals surface area (Å²) in [6.45, 7) is 4.01. The van der Waals surface area contributed by atoms with E-state index < -0.39 is 0 Å². The molecule has 0 saturated heterocycles. The second kappa shape index (κ2) is 7.59. The zero-order valence-corrected chi connectivity index (χ0v) is 13.1. The molecule has 6 heteroatoms. The summed E-state index contributed by atoms with van der Waals surface area (Å²) in [6, 6.07) is 7.62. The van der Waals surface area contributed by atoms with Gasteiger partial charge in [0, 0.05) is 24.4 Å². The van der Waals surface area contributed by atoms with Crippen LogP contribution in [0.4, 0.5) is 0 Å². The minimum Gasteiger partial charge on any atom is -0.497 e. The topological polar surface area (TPSA) is 77.2 Å². The molecule has 0 bridgehead atoms. The predicted molar refractivity (Wildman–Crippen MR) is 82.5 cm³/mol. The first-order valence-corrected chi connectivity index (χ1v) is 7.38. The maximum atomic E-state index is 11.7. The van der Waals surface area contributed by atoms with Crippen LogP contribution in [0, 0.1) is 0 Å². The first-order valence-electron chi connectivity index (χ1n) is 7.38. The molecule has 2 aromatic rings. The SMILES string of the molecule is CC[C@@H](C)NC(=O)CCc1nc(-c2cccc(OC)c2)no1. The summed E-state index contributed by atoms with van der Waals surface area (Å²) >= 11 is 0. The average molecular weight is 303 g/mol. The van der Waals surface area contributed by atoms with Gasteiger partial charge in [0.25, 0.3) is 0 Å². The van der Waals surface area contributed by atoms with Gasteiger partial charge in [-0.15, -0.1) is 0 Å². The highest BCUT2D eigenvalue weighted by Gasteiger charge is 2.12. The van der Waals surface area contributed by atoms with Crippen LogP contribution in [-0.4, -0.2) is 29.2 Å². The number of aryl methyl sites for hydroxylation is 1. The molecule has 0 radical (unpaired) electrons. The molecule has 1 aromatic carbocycles. The molecule has 22 heavy (non-hydrogen) atoms. The zero-order valence-electron chi connectivity index (χ0n) is 13.1. The number of methoxy groups -OCH3 is 1. The van der Waals surface area contributed by atoms with E-state index in [-0.39, 0.29) is 11.9 Å². The number of amides is 1. The molecular formula is C16H21N3O3. The summed E-state index contributed by atoms with van der Waals surface area (Å²) in [5, 5.41) is 6.85. The van der Waals surface area contributed by atoms with E-state index in [4.69, 9.17) is 9.26 Å². The van der Waals surface area contributed by atoms with E-state index in [0.717, 1.165) is 17.7 Å². The van der Waals surface area contributed by atoms with Crippen molar-refractivity contribution in [3.05, 3.63) is 30.2 Å². The lowest BCUT2D eigenvalue weighted by molar-refractivity contribution is -0.121. The van der Waals surface area contributed by atoms with Gasteiger partial charge in [0.2, 0.25) is 17.6 Å². The second-order valence-corrected chi connectivity index (χ2v) is 5.12. The Morgan fingerprint density at radius 1 is 1.45 bits per heavy atom. The molecule has 0 spiro atoms. The minimum atomic E-state index is -0.00418. The van der Waals surface area contributed by atoms with Crippen molar-refractivity contribution in [1.82, 2.24) is 15.5 Å². The summed E-state index contributed by atoms with van der Waals surface area (Å²) in [6.07, 6.45) is 1.68. The summed E-state index contributed by atoms with van der Waals surface area (Å²) in [5.41, 5.74) is 0.818. The first-order chi connectivity index (χ1) is 10.6. The monoisotopic (exact) mass is 303 g/mol. The van der Waals surface area contributed by atoms with Crippen LogP contribution in [-0.2, 0) is 11.2 Å². The van der Waals surface area contributed by atoms with E-state index in [0.29, 0.717) is 24.6 Å². The normalized spacial score (nSPS) is 12.0. The lowest BCUT2D eigenvalue weighted by Gasteiger charge is -2.10. The summed E-state index contributed by atoms with van der Waals surface area (Å²) < 4.78 is 10.4. The Morgan fingerprint density at radius 2 is 2.27 bits per heavy atom. The van der Waals surface area contributed by atoms with Gasteiger partial charge in [0.1, 0.15) is 5.75 Å². The molecule has 0 aliphatic carbocycles. The zero-order chi connectivity index (χ0) is 15.9. The molecular weight excluding hydrogens is 282 g/mol. The van der Waals surface area contributed by atoms with Gasteiger partial charge < -0.3 is 14.6 Å². The Labute approximate surface area is 129 Å². The molecule has 0 fully saturated rings. The first kappa shape index (κ1) is 16.0. The van der Waals surface area contributed by atoms with Crippen LogP contribution in [0.3, 0.4) is 0 Å². The molecule has 0 unspecified atom stereocenters. The number of benzene rings is 1. The van der Waals surface area contributed by atoms with Gasteiger partial charge in [-0.1, -0.05) is 24.2 Å². The highest BCUT2D eigenvalue weighted by atomic mass is 16.5. The highest BCUT2D eigenvalue weighted by molar-refractivity contribution is 5.76. The third-order valence-corrected chi connectivity index (χ3v) is 3.38. The number of nitrogens with one attached hydrogen (secondary N) is 1. The van der Waals surface area contributed by atoms with Crippen LogP contribution in [0.1, 0.15) is 32.6 Å². The van der Waals surface area contributed by atoms with Gasteiger partial charge in [-0.3, -0.25) is 4.79 Å². The van der Waals surface area contributed by atoms with Crippen LogP contribution >= 0.6 is 0 Å². The molecule has 1 atom stereocenters. The fourth-order valence-corrected chi connectivity index (χ4v) is 1.91. The molecule has 1 heterocycles. The van der Waals surface area contributed by atoms with Gasteiger partial charge in [-0.2, -0.15) is 4.98 Å². The van der Waals surface area contributed by atoms with E-state index in [1.54, 1.807) is 7.11 Å². The van der Waals surface area contributed by atoms with Crippen LogP contribution in [0.15, 0.2) is 28.8 Å². The lowest BCUT2D eigenvalue weighted by Crippen LogP contribution is -2.32. The molecule has 6 nitrogen and oxygen atoms in total. The molecule has 1 aromatic heterocycles. The maximum Gasteiger partial charge on any atom is 0.227 e. The summed E-state index contributed by atoms with van der Waals surface area (Å²) in [4.78, 5) is 16.0. The van der Waals surface area contributed by atoms with Gasteiger partial charge in [-0.25, -0.2) is 0 Å². The number of carbonyl (C=O) groups excluding carboxylic acids is 1. The van der Waals surface area contributed by atoms with Gasteiger partial charge >= 0.3 is 0 Å². The molecule has 2 rings (SSSR count). The minimum absolute atomic E-state index is 0.00418. The number of carbonyl (C=O) groups is 1. The second-order valence-electron chi connectivity index (χ2n) is 5.12. The van der Waals surface area contributed by atoms with Crippen molar-refractivity contribution in [2.24, 2.45) is 0 Å². The smallest absolute Gasteiger partial charge is 0.227 e. The number of hydrogen-bond donors (Lipinski definition) is 1. The fourth-order valence-electron chi connectivity index (χ4n) is 1.91. The largest absolute Gasteiger partial charge is 0.497 e. The molecule has 0 aliphatic heterocycles. The van der Waals surface area contributed by atoms with Crippen molar-refractivity contribution in [2.75, 3.05) is 7.11 Å². The molecule has 1 N–H and O–H groups in total. The fraction of sp³-hybridized carbons (Fsp3) is 0.438. The Kier molecular flexibility index (Phi) is 5.52. The number of nitrogens with zero attached hydrogens (tertiary/aromatic N) is 2. The van der Waals surface area contributed by atoms with Crippen molar-refractivity contribution in [2.45, 2.75) is 39.2 Å². The van der Waals surface area contributed by atoms with Gasteiger partial charge in [0.15, 0.2) is 0 Å². The Morgan fingerprint density at radius 3 is 3.00 bits per heavy atom. The summed E-state index contributed by atoms with van der Waals surface area (Å²) in [7, 11) is 1.61.